The highest BCUT2D eigenvalue weighted by Crippen LogP contribution is 2.31. The number of rotatable bonds is 5. The van der Waals surface area contributed by atoms with E-state index in [4.69, 9.17) is 0 Å². The Kier molecular flexibility index (Phi) is 5.31. The van der Waals surface area contributed by atoms with Gasteiger partial charge in [0.05, 0.1) is 6.54 Å². The van der Waals surface area contributed by atoms with Crippen molar-refractivity contribution in [1.82, 2.24) is 4.90 Å². The maximum atomic E-state index is 12.6. The van der Waals surface area contributed by atoms with Gasteiger partial charge < -0.3 is 5.32 Å². The number of likely N-dealkylation sites (tertiary alicyclic amines) is 1. The van der Waals surface area contributed by atoms with Crippen LogP contribution in [0.1, 0.15) is 49.8 Å². The molecule has 1 atom stereocenters. The number of amides is 1. The van der Waals surface area contributed by atoms with Crippen LogP contribution in [-0.2, 0) is 4.79 Å². The molecule has 3 rings (SSSR count). The van der Waals surface area contributed by atoms with E-state index in [1.165, 1.54) is 11.1 Å². The molecule has 1 aliphatic heterocycles. The van der Waals surface area contributed by atoms with E-state index in [1.807, 2.05) is 24.3 Å². The summed E-state index contributed by atoms with van der Waals surface area (Å²) in [4.78, 5) is 14.9. The Morgan fingerprint density at radius 1 is 1.12 bits per heavy atom. The summed E-state index contributed by atoms with van der Waals surface area (Å²) < 4.78 is 0. The van der Waals surface area contributed by atoms with E-state index in [0.717, 1.165) is 25.1 Å². The first kappa shape index (κ1) is 16.7. The molecule has 3 nitrogen and oxygen atoms in total. The Morgan fingerprint density at radius 3 is 2.58 bits per heavy atom. The lowest BCUT2D eigenvalue weighted by molar-refractivity contribution is -0.117. The third-order valence-electron chi connectivity index (χ3n) is 4.75. The van der Waals surface area contributed by atoms with Crippen LogP contribution in [0.3, 0.4) is 0 Å². The Morgan fingerprint density at radius 2 is 1.83 bits per heavy atom. The van der Waals surface area contributed by atoms with Crippen molar-refractivity contribution in [2.75, 3.05) is 18.4 Å². The molecule has 1 fully saturated rings. The zero-order valence-corrected chi connectivity index (χ0v) is 14.5. The monoisotopic (exact) mass is 322 g/mol. The molecule has 1 saturated heterocycles. The average Bonchev–Trinajstić information content (AvgIpc) is 3.04. The van der Waals surface area contributed by atoms with E-state index in [-0.39, 0.29) is 5.91 Å². The first-order chi connectivity index (χ1) is 11.6. The highest BCUT2D eigenvalue weighted by atomic mass is 16.2. The number of hydrogen-bond donors (Lipinski definition) is 1. The van der Waals surface area contributed by atoms with Crippen molar-refractivity contribution in [2.24, 2.45) is 0 Å². The quantitative estimate of drug-likeness (QED) is 0.873. The lowest BCUT2D eigenvalue weighted by atomic mass is 10.0. The summed E-state index contributed by atoms with van der Waals surface area (Å²) in [6.07, 6.45) is 2.27. The van der Waals surface area contributed by atoms with Crippen molar-refractivity contribution in [2.45, 2.75) is 38.6 Å². The second-order valence-corrected chi connectivity index (χ2v) is 6.83. The molecule has 1 aliphatic rings. The zero-order valence-electron chi connectivity index (χ0n) is 14.5. The van der Waals surface area contributed by atoms with Crippen molar-refractivity contribution in [3.05, 3.63) is 65.7 Å². The number of nitrogens with one attached hydrogen (secondary N) is 1. The van der Waals surface area contributed by atoms with Gasteiger partial charge >= 0.3 is 0 Å². The molecule has 2 aromatic carbocycles. The molecule has 0 aliphatic carbocycles. The molecule has 1 heterocycles. The van der Waals surface area contributed by atoms with Crippen molar-refractivity contribution < 1.29 is 4.79 Å². The largest absolute Gasteiger partial charge is 0.325 e. The van der Waals surface area contributed by atoms with E-state index in [1.54, 1.807) is 0 Å². The van der Waals surface area contributed by atoms with Crippen LogP contribution in [0.5, 0.6) is 0 Å². The van der Waals surface area contributed by atoms with Gasteiger partial charge in [0.2, 0.25) is 5.91 Å². The maximum Gasteiger partial charge on any atom is 0.238 e. The molecule has 3 heteroatoms. The van der Waals surface area contributed by atoms with Gasteiger partial charge in [-0.2, -0.15) is 0 Å². The van der Waals surface area contributed by atoms with Crippen molar-refractivity contribution in [1.29, 1.82) is 0 Å². The SMILES string of the molecule is CC(C)c1ccccc1NC(=O)CN1CCCC1c1ccccc1. The summed E-state index contributed by atoms with van der Waals surface area (Å²) in [5, 5.41) is 3.11. The number of carbonyl (C=O) groups is 1. The molecule has 0 saturated carbocycles. The fourth-order valence-corrected chi connectivity index (χ4v) is 3.56. The summed E-state index contributed by atoms with van der Waals surface area (Å²) in [7, 11) is 0. The van der Waals surface area contributed by atoms with Gasteiger partial charge in [0.25, 0.3) is 0 Å². The Balaban J connectivity index is 1.67. The smallest absolute Gasteiger partial charge is 0.238 e. The molecule has 1 amide bonds. The van der Waals surface area contributed by atoms with Crippen LogP contribution in [0.2, 0.25) is 0 Å². The molecule has 0 spiro atoms. The van der Waals surface area contributed by atoms with E-state index in [0.29, 0.717) is 18.5 Å². The van der Waals surface area contributed by atoms with E-state index < -0.39 is 0 Å². The summed E-state index contributed by atoms with van der Waals surface area (Å²) in [5.74, 6) is 0.469. The molecular weight excluding hydrogens is 296 g/mol. The molecule has 24 heavy (non-hydrogen) atoms. The Bertz CT molecular complexity index is 681. The number of benzene rings is 2. The predicted molar refractivity (Wildman–Crippen MR) is 99.2 cm³/mol. The summed E-state index contributed by atoms with van der Waals surface area (Å²) in [6.45, 7) is 5.73. The standard InChI is InChI=1S/C21H26N2O/c1-16(2)18-11-6-7-12-19(18)22-21(24)15-23-14-8-13-20(23)17-9-4-3-5-10-17/h3-7,9-12,16,20H,8,13-15H2,1-2H3,(H,22,24). The molecule has 2 aromatic rings. The topological polar surface area (TPSA) is 32.3 Å². The minimum absolute atomic E-state index is 0.0749. The van der Waals surface area contributed by atoms with Crippen LogP contribution >= 0.6 is 0 Å². The van der Waals surface area contributed by atoms with Crippen LogP contribution in [0.4, 0.5) is 5.69 Å². The summed E-state index contributed by atoms with van der Waals surface area (Å²) in [5.41, 5.74) is 3.44. The van der Waals surface area contributed by atoms with E-state index in [2.05, 4.69) is 54.4 Å². The number of nitrogens with zero attached hydrogens (tertiary/aromatic N) is 1. The second kappa shape index (κ2) is 7.63. The van der Waals surface area contributed by atoms with Gasteiger partial charge in [0, 0.05) is 11.7 Å². The second-order valence-electron chi connectivity index (χ2n) is 6.83. The Labute approximate surface area is 144 Å². The number of anilines is 1. The van der Waals surface area contributed by atoms with Gasteiger partial charge in [-0.3, -0.25) is 9.69 Å². The first-order valence-corrected chi connectivity index (χ1v) is 8.83. The lowest BCUT2D eigenvalue weighted by Gasteiger charge is -2.24. The normalized spacial score (nSPS) is 18.0. The summed E-state index contributed by atoms with van der Waals surface area (Å²) in [6, 6.07) is 18.9. The van der Waals surface area contributed by atoms with Crippen molar-refractivity contribution in [3.8, 4) is 0 Å². The van der Waals surface area contributed by atoms with Crippen LogP contribution in [-0.4, -0.2) is 23.9 Å². The van der Waals surface area contributed by atoms with Gasteiger partial charge in [-0.25, -0.2) is 0 Å². The molecular formula is C21H26N2O. The fourth-order valence-electron chi connectivity index (χ4n) is 3.56. The fraction of sp³-hybridized carbons (Fsp3) is 0.381. The maximum absolute atomic E-state index is 12.6. The van der Waals surface area contributed by atoms with Crippen LogP contribution in [0.15, 0.2) is 54.6 Å². The number of hydrogen-bond acceptors (Lipinski definition) is 2. The van der Waals surface area contributed by atoms with E-state index >= 15 is 0 Å². The number of carbonyl (C=O) groups excluding carboxylic acids is 1. The highest BCUT2D eigenvalue weighted by Gasteiger charge is 2.27. The van der Waals surface area contributed by atoms with Gasteiger partial charge in [0.1, 0.15) is 0 Å². The molecule has 0 radical (unpaired) electrons. The van der Waals surface area contributed by atoms with Gasteiger partial charge in [-0.05, 0) is 42.5 Å². The average molecular weight is 322 g/mol. The third kappa shape index (κ3) is 3.85. The van der Waals surface area contributed by atoms with Crippen molar-refractivity contribution >= 4 is 11.6 Å². The summed E-state index contributed by atoms with van der Waals surface area (Å²) >= 11 is 0. The zero-order chi connectivity index (χ0) is 16.9. The van der Waals surface area contributed by atoms with Gasteiger partial charge in [-0.15, -0.1) is 0 Å². The number of para-hydroxylation sites is 1. The van der Waals surface area contributed by atoms with Crippen LogP contribution < -0.4 is 5.32 Å². The predicted octanol–water partition coefficient (Wildman–Crippen LogP) is 4.59. The van der Waals surface area contributed by atoms with Crippen molar-refractivity contribution in [3.63, 3.8) is 0 Å². The van der Waals surface area contributed by atoms with Crippen LogP contribution in [0.25, 0.3) is 0 Å². The Hall–Kier alpha value is -2.13. The molecule has 0 aromatic heterocycles. The molecule has 1 N–H and O–H groups in total. The van der Waals surface area contributed by atoms with Crippen LogP contribution in [0, 0.1) is 0 Å². The molecule has 0 bridgehead atoms. The van der Waals surface area contributed by atoms with Gasteiger partial charge in [-0.1, -0.05) is 62.4 Å². The molecule has 126 valence electrons. The lowest BCUT2D eigenvalue weighted by Crippen LogP contribution is -2.33. The third-order valence-corrected chi connectivity index (χ3v) is 4.75. The van der Waals surface area contributed by atoms with E-state index in [9.17, 15) is 4.79 Å². The first-order valence-electron chi connectivity index (χ1n) is 8.83. The molecule has 1 unspecified atom stereocenters. The van der Waals surface area contributed by atoms with Gasteiger partial charge in [0.15, 0.2) is 0 Å². The minimum atomic E-state index is 0.0749. The minimum Gasteiger partial charge on any atom is -0.325 e. The highest BCUT2D eigenvalue weighted by molar-refractivity contribution is 5.93.